The van der Waals surface area contributed by atoms with Crippen LogP contribution in [0.15, 0.2) is 121 Å². The summed E-state index contributed by atoms with van der Waals surface area (Å²) in [7, 11) is 0. The highest BCUT2D eigenvalue weighted by molar-refractivity contribution is 6.19. The summed E-state index contributed by atoms with van der Waals surface area (Å²) in [4.78, 5) is 15.3. The van der Waals surface area contributed by atoms with Gasteiger partial charge in [-0.3, -0.25) is 4.79 Å². The maximum Gasteiger partial charge on any atom is 0.182 e. The third-order valence-electron chi connectivity index (χ3n) is 8.37. The summed E-state index contributed by atoms with van der Waals surface area (Å²) in [6.07, 6.45) is 0. The maximum atomic E-state index is 15.3. The SMILES string of the molecule is O=C1c2ccccc2-c2ccccc2C1(c1cccc2cc(OCCO)ccc12)c1cccc2cc(OCCO)ccc12. The van der Waals surface area contributed by atoms with Gasteiger partial charge in [-0.25, -0.2) is 0 Å². The van der Waals surface area contributed by atoms with Gasteiger partial charge in [0.05, 0.1) is 13.2 Å². The van der Waals surface area contributed by atoms with Gasteiger partial charge in [0.1, 0.15) is 30.1 Å². The fourth-order valence-corrected chi connectivity index (χ4v) is 6.65. The van der Waals surface area contributed by atoms with Crippen LogP contribution in [-0.2, 0) is 5.41 Å². The van der Waals surface area contributed by atoms with Crippen LogP contribution in [0.25, 0.3) is 32.7 Å². The second kappa shape index (κ2) is 11.0. The molecule has 1 aliphatic carbocycles. The third kappa shape index (κ3) is 4.28. The Labute approximate surface area is 249 Å². The average molecular weight is 567 g/mol. The molecule has 6 aromatic carbocycles. The molecule has 0 heterocycles. The molecule has 6 aromatic rings. The molecule has 212 valence electrons. The molecule has 0 aromatic heterocycles. The monoisotopic (exact) mass is 566 g/mol. The zero-order chi connectivity index (χ0) is 29.4. The lowest BCUT2D eigenvalue weighted by Gasteiger charge is -2.41. The molecule has 2 N–H and O–H groups in total. The van der Waals surface area contributed by atoms with Crippen LogP contribution in [0, 0.1) is 0 Å². The summed E-state index contributed by atoms with van der Waals surface area (Å²) in [6.45, 7) is 0.273. The van der Waals surface area contributed by atoms with E-state index in [1.54, 1.807) is 0 Å². The number of aliphatic hydroxyl groups is 2. The Balaban J connectivity index is 1.59. The molecule has 7 rings (SSSR count). The highest BCUT2D eigenvalue weighted by atomic mass is 16.5. The van der Waals surface area contributed by atoms with Crippen LogP contribution in [0.5, 0.6) is 11.5 Å². The predicted octanol–water partition coefficient (Wildman–Crippen LogP) is 6.93. The fourth-order valence-electron chi connectivity index (χ4n) is 6.65. The van der Waals surface area contributed by atoms with Crippen LogP contribution >= 0.6 is 0 Å². The summed E-state index contributed by atoms with van der Waals surface area (Å²) in [5.74, 6) is 1.34. The van der Waals surface area contributed by atoms with Gasteiger partial charge in [0, 0.05) is 5.56 Å². The van der Waals surface area contributed by atoms with Gasteiger partial charge in [-0.1, -0.05) is 97.1 Å². The van der Waals surface area contributed by atoms with Crippen molar-refractivity contribution >= 4 is 27.3 Å². The summed E-state index contributed by atoms with van der Waals surface area (Å²) < 4.78 is 11.5. The van der Waals surface area contributed by atoms with Gasteiger partial charge >= 0.3 is 0 Å². The molecule has 1 aliphatic rings. The van der Waals surface area contributed by atoms with Crippen LogP contribution in [0.2, 0.25) is 0 Å². The van der Waals surface area contributed by atoms with Gasteiger partial charge in [0.15, 0.2) is 5.78 Å². The van der Waals surface area contributed by atoms with Crippen LogP contribution in [0.1, 0.15) is 27.0 Å². The van der Waals surface area contributed by atoms with E-state index in [0.29, 0.717) is 17.1 Å². The van der Waals surface area contributed by atoms with E-state index in [2.05, 4.69) is 24.3 Å². The number of hydrogen-bond donors (Lipinski definition) is 2. The lowest BCUT2D eigenvalue weighted by molar-refractivity contribution is 0.0934. The summed E-state index contributed by atoms with van der Waals surface area (Å²) in [5.41, 5.74) is 4.18. The molecule has 5 nitrogen and oxygen atoms in total. The van der Waals surface area contributed by atoms with E-state index in [-0.39, 0.29) is 32.2 Å². The standard InChI is InChI=1S/C38H30O5/c39-19-21-42-27-15-17-29-25(23-27)7-5-13-34(29)38(35-14-6-8-26-24-28(43-22-20-40)16-18-30(26)35)36-12-4-3-10-32(36)31-9-1-2-11-33(31)37(38)41/h1-18,23-24,39-40H,19-22H2. The largest absolute Gasteiger partial charge is 0.491 e. The van der Waals surface area contributed by atoms with Crippen molar-refractivity contribution in [2.24, 2.45) is 0 Å². The smallest absolute Gasteiger partial charge is 0.182 e. The van der Waals surface area contributed by atoms with E-state index in [4.69, 9.17) is 9.47 Å². The lowest BCUT2D eigenvalue weighted by atomic mass is 9.59. The minimum absolute atomic E-state index is 0.0167. The van der Waals surface area contributed by atoms with E-state index in [1.165, 1.54) is 0 Å². The first-order valence-corrected chi connectivity index (χ1v) is 14.4. The number of carbonyl (C=O) groups excluding carboxylic acids is 1. The van der Waals surface area contributed by atoms with E-state index in [1.807, 2.05) is 97.1 Å². The summed E-state index contributed by atoms with van der Waals surface area (Å²) >= 11 is 0. The Morgan fingerprint density at radius 1 is 0.512 bits per heavy atom. The molecular weight excluding hydrogens is 536 g/mol. The number of hydrogen-bond acceptors (Lipinski definition) is 5. The third-order valence-corrected chi connectivity index (χ3v) is 8.37. The van der Waals surface area contributed by atoms with Gasteiger partial charge in [-0.05, 0) is 73.6 Å². The molecule has 0 bridgehead atoms. The maximum absolute atomic E-state index is 15.3. The first-order chi connectivity index (χ1) is 21.2. The molecule has 0 saturated carbocycles. The normalized spacial score (nSPS) is 13.5. The van der Waals surface area contributed by atoms with E-state index in [9.17, 15) is 10.2 Å². The Bertz CT molecular complexity index is 1900. The molecule has 43 heavy (non-hydrogen) atoms. The van der Waals surface area contributed by atoms with Crippen LogP contribution < -0.4 is 9.47 Å². The zero-order valence-corrected chi connectivity index (χ0v) is 23.5. The summed E-state index contributed by atoms with van der Waals surface area (Å²) in [6, 6.07) is 40.0. The molecule has 0 atom stereocenters. The Hall–Kier alpha value is -4.97. The zero-order valence-electron chi connectivity index (χ0n) is 23.5. The molecular formula is C38H30O5. The van der Waals surface area contributed by atoms with Crippen molar-refractivity contribution in [3.05, 3.63) is 144 Å². The molecule has 0 spiro atoms. The van der Waals surface area contributed by atoms with Gasteiger partial charge in [-0.15, -0.1) is 0 Å². The number of ketones is 1. The molecule has 0 radical (unpaired) electrons. The van der Waals surface area contributed by atoms with Crippen molar-refractivity contribution < 1.29 is 24.5 Å². The van der Waals surface area contributed by atoms with Crippen molar-refractivity contribution in [2.75, 3.05) is 26.4 Å². The number of benzene rings is 6. The van der Waals surface area contributed by atoms with Crippen molar-refractivity contribution in [3.63, 3.8) is 0 Å². The van der Waals surface area contributed by atoms with Crippen molar-refractivity contribution in [3.8, 4) is 22.6 Å². The highest BCUT2D eigenvalue weighted by Gasteiger charge is 2.50. The van der Waals surface area contributed by atoms with Crippen LogP contribution in [0.4, 0.5) is 0 Å². The Morgan fingerprint density at radius 3 is 1.56 bits per heavy atom. The van der Waals surface area contributed by atoms with E-state index < -0.39 is 5.41 Å². The van der Waals surface area contributed by atoms with Crippen LogP contribution in [0.3, 0.4) is 0 Å². The van der Waals surface area contributed by atoms with Crippen LogP contribution in [-0.4, -0.2) is 42.4 Å². The quantitative estimate of drug-likeness (QED) is 0.209. The van der Waals surface area contributed by atoms with Gasteiger partial charge in [-0.2, -0.15) is 0 Å². The first kappa shape index (κ1) is 26.9. The number of rotatable bonds is 8. The number of Topliss-reactive ketones (excluding diaryl/α,β-unsaturated/α-hetero) is 1. The number of fused-ring (bicyclic) bond motifs is 5. The predicted molar refractivity (Wildman–Crippen MR) is 169 cm³/mol. The topological polar surface area (TPSA) is 76.0 Å². The number of aliphatic hydroxyl groups excluding tert-OH is 2. The van der Waals surface area contributed by atoms with Gasteiger partial charge in [0.25, 0.3) is 0 Å². The van der Waals surface area contributed by atoms with E-state index >= 15 is 4.79 Å². The lowest BCUT2D eigenvalue weighted by Crippen LogP contribution is -2.42. The minimum Gasteiger partial charge on any atom is -0.491 e. The molecule has 0 unspecified atom stereocenters. The first-order valence-electron chi connectivity index (χ1n) is 14.4. The van der Waals surface area contributed by atoms with Gasteiger partial charge in [0.2, 0.25) is 0 Å². The fraction of sp³-hybridized carbons (Fsp3) is 0.132. The molecule has 0 fully saturated rings. The Morgan fingerprint density at radius 2 is 1.00 bits per heavy atom. The number of carbonyl (C=O) groups is 1. The minimum atomic E-state index is -1.16. The average Bonchev–Trinajstić information content (AvgIpc) is 3.06. The molecule has 5 heteroatoms. The molecule has 0 saturated heterocycles. The highest BCUT2D eigenvalue weighted by Crippen LogP contribution is 2.53. The second-order valence-electron chi connectivity index (χ2n) is 10.7. The molecule has 0 aliphatic heterocycles. The summed E-state index contributed by atoms with van der Waals surface area (Å²) in [5, 5.41) is 22.3. The second-order valence-corrected chi connectivity index (χ2v) is 10.7. The number of ether oxygens (including phenoxy) is 2. The Kier molecular flexibility index (Phi) is 6.90. The van der Waals surface area contributed by atoms with E-state index in [0.717, 1.165) is 49.4 Å². The van der Waals surface area contributed by atoms with Gasteiger partial charge < -0.3 is 19.7 Å². The van der Waals surface area contributed by atoms with Crippen molar-refractivity contribution in [1.29, 1.82) is 0 Å². The molecule has 0 amide bonds. The van der Waals surface area contributed by atoms with Crippen molar-refractivity contribution in [1.82, 2.24) is 0 Å². The van der Waals surface area contributed by atoms with Crippen molar-refractivity contribution in [2.45, 2.75) is 5.41 Å².